The van der Waals surface area contributed by atoms with Gasteiger partial charge in [-0.3, -0.25) is 14.5 Å². The van der Waals surface area contributed by atoms with Gasteiger partial charge in [0.15, 0.2) is 0 Å². The Balaban J connectivity index is 1.66. The van der Waals surface area contributed by atoms with Gasteiger partial charge in [-0.25, -0.2) is 9.37 Å². The molecule has 0 unspecified atom stereocenters. The van der Waals surface area contributed by atoms with Crippen LogP contribution in [0.25, 0.3) is 0 Å². The average Bonchev–Trinajstić information content (AvgIpc) is 3.27. The van der Waals surface area contributed by atoms with E-state index in [1.165, 1.54) is 6.07 Å². The van der Waals surface area contributed by atoms with Crippen LogP contribution in [0, 0.1) is 5.82 Å². The molecule has 2 atom stereocenters. The van der Waals surface area contributed by atoms with Gasteiger partial charge in [0.25, 0.3) is 0 Å². The van der Waals surface area contributed by atoms with E-state index < -0.39 is 6.04 Å². The van der Waals surface area contributed by atoms with Crippen molar-refractivity contribution in [2.45, 2.75) is 38.5 Å². The topological polar surface area (TPSA) is 79.3 Å². The molecule has 0 radical (unpaired) electrons. The Morgan fingerprint density at radius 3 is 2.85 bits per heavy atom. The number of hydrogen-bond donors (Lipinski definition) is 2. The molecule has 1 aliphatic rings. The predicted molar refractivity (Wildman–Crippen MR) is 98.1 cm³/mol. The normalized spacial score (nSPS) is 19.8. The number of likely N-dealkylation sites (N-methyl/N-ethyl adjacent to an activating group) is 1. The fraction of sp³-hybridized carbons (Fsp3) is 0.421. The molecule has 1 aromatic heterocycles. The highest BCUT2D eigenvalue weighted by atomic mass is 19.1. The molecule has 2 N–H and O–H groups in total. The summed E-state index contributed by atoms with van der Waals surface area (Å²) in [6.45, 7) is 3.38. The van der Waals surface area contributed by atoms with Gasteiger partial charge >= 0.3 is 0 Å². The van der Waals surface area contributed by atoms with Gasteiger partial charge in [0.05, 0.1) is 12.4 Å². The van der Waals surface area contributed by atoms with E-state index in [0.29, 0.717) is 31.6 Å². The molecule has 3 rings (SSSR count). The van der Waals surface area contributed by atoms with Crippen LogP contribution in [0.3, 0.4) is 0 Å². The number of rotatable bonds is 7. The molecule has 2 heterocycles. The quantitative estimate of drug-likeness (QED) is 0.756. The van der Waals surface area contributed by atoms with E-state index in [4.69, 9.17) is 0 Å². The maximum atomic E-state index is 14.0. The Morgan fingerprint density at radius 2 is 2.15 bits per heavy atom. The summed E-state index contributed by atoms with van der Waals surface area (Å²) in [6, 6.07) is 5.98. The summed E-state index contributed by atoms with van der Waals surface area (Å²) in [5.41, 5.74) is 0.539. The fourth-order valence-corrected chi connectivity index (χ4v) is 3.41. The number of imidazole rings is 1. The molecule has 0 aliphatic carbocycles. The van der Waals surface area contributed by atoms with Crippen molar-refractivity contribution < 1.29 is 14.0 Å². The molecular formula is C19H24FN5O2. The van der Waals surface area contributed by atoms with Crippen LogP contribution < -0.4 is 10.6 Å². The predicted octanol–water partition coefficient (Wildman–Crippen LogP) is 0.918. The first-order valence-electron chi connectivity index (χ1n) is 9.07. The minimum absolute atomic E-state index is 0.0970. The molecular weight excluding hydrogens is 349 g/mol. The third-order valence-corrected chi connectivity index (χ3v) is 4.64. The molecule has 1 fully saturated rings. The molecule has 0 saturated carbocycles. The molecule has 1 aliphatic heterocycles. The summed E-state index contributed by atoms with van der Waals surface area (Å²) in [5, 5.41) is 5.80. The van der Waals surface area contributed by atoms with Crippen molar-refractivity contribution in [3.05, 3.63) is 54.4 Å². The maximum absolute atomic E-state index is 14.0. The van der Waals surface area contributed by atoms with Crippen molar-refractivity contribution in [2.24, 2.45) is 0 Å². The SMILES string of the molecule is CCNC(=O)[C@@H]1C[C@H](NC(=O)Cn2ccnc2)CN1Cc1ccccc1F. The van der Waals surface area contributed by atoms with Gasteiger partial charge in [-0.15, -0.1) is 0 Å². The van der Waals surface area contributed by atoms with Gasteiger partial charge in [-0.1, -0.05) is 18.2 Å². The van der Waals surface area contributed by atoms with E-state index in [2.05, 4.69) is 15.6 Å². The maximum Gasteiger partial charge on any atom is 0.240 e. The summed E-state index contributed by atoms with van der Waals surface area (Å²) in [7, 11) is 0. The Labute approximate surface area is 157 Å². The first-order valence-corrected chi connectivity index (χ1v) is 9.07. The van der Waals surface area contributed by atoms with Gasteiger partial charge in [-0.2, -0.15) is 0 Å². The van der Waals surface area contributed by atoms with Crippen LogP contribution in [0.1, 0.15) is 18.9 Å². The second-order valence-corrected chi connectivity index (χ2v) is 6.67. The van der Waals surface area contributed by atoms with Crippen LogP contribution in [0.4, 0.5) is 4.39 Å². The molecule has 1 aromatic carbocycles. The fourth-order valence-electron chi connectivity index (χ4n) is 3.41. The summed E-state index contributed by atoms with van der Waals surface area (Å²) < 4.78 is 15.7. The third-order valence-electron chi connectivity index (χ3n) is 4.64. The van der Waals surface area contributed by atoms with Gasteiger partial charge in [0, 0.05) is 43.6 Å². The van der Waals surface area contributed by atoms with Crippen LogP contribution in [-0.4, -0.2) is 51.4 Å². The van der Waals surface area contributed by atoms with Crippen LogP contribution in [0.15, 0.2) is 43.0 Å². The molecule has 0 spiro atoms. The second-order valence-electron chi connectivity index (χ2n) is 6.67. The molecule has 27 heavy (non-hydrogen) atoms. The van der Waals surface area contributed by atoms with Crippen molar-refractivity contribution in [3.8, 4) is 0 Å². The molecule has 8 heteroatoms. The number of carbonyl (C=O) groups is 2. The number of amides is 2. The smallest absolute Gasteiger partial charge is 0.240 e. The van der Waals surface area contributed by atoms with E-state index >= 15 is 0 Å². The number of benzene rings is 1. The zero-order valence-corrected chi connectivity index (χ0v) is 15.3. The van der Waals surface area contributed by atoms with Gasteiger partial charge in [-0.05, 0) is 19.4 Å². The van der Waals surface area contributed by atoms with E-state index in [-0.39, 0.29) is 30.2 Å². The number of nitrogens with one attached hydrogen (secondary N) is 2. The van der Waals surface area contributed by atoms with Crippen LogP contribution >= 0.6 is 0 Å². The molecule has 0 bridgehead atoms. The molecule has 144 valence electrons. The highest BCUT2D eigenvalue weighted by Gasteiger charge is 2.37. The van der Waals surface area contributed by atoms with E-state index in [1.54, 1.807) is 41.5 Å². The zero-order valence-electron chi connectivity index (χ0n) is 15.3. The molecule has 1 saturated heterocycles. The van der Waals surface area contributed by atoms with E-state index in [1.807, 2.05) is 11.8 Å². The van der Waals surface area contributed by atoms with Crippen molar-refractivity contribution in [1.82, 2.24) is 25.1 Å². The highest BCUT2D eigenvalue weighted by molar-refractivity contribution is 5.82. The largest absolute Gasteiger partial charge is 0.355 e. The average molecular weight is 373 g/mol. The Hall–Kier alpha value is -2.74. The number of nitrogens with zero attached hydrogens (tertiary/aromatic N) is 3. The minimum atomic E-state index is -0.400. The first kappa shape index (κ1) is 19.0. The van der Waals surface area contributed by atoms with Crippen LogP contribution in [0.2, 0.25) is 0 Å². The summed E-state index contributed by atoms with van der Waals surface area (Å²) >= 11 is 0. The standard InChI is InChI=1S/C19H24FN5O2/c1-2-22-19(27)17-9-15(23-18(26)12-24-8-7-21-13-24)11-25(17)10-14-5-3-4-6-16(14)20/h3-8,13,15,17H,2,9-12H2,1H3,(H,22,27)(H,23,26)/t15-,17-/m0/s1. The lowest BCUT2D eigenvalue weighted by molar-refractivity contribution is -0.125. The Morgan fingerprint density at radius 1 is 1.33 bits per heavy atom. The van der Waals surface area contributed by atoms with E-state index in [0.717, 1.165) is 0 Å². The van der Waals surface area contributed by atoms with Crippen LogP contribution in [-0.2, 0) is 22.7 Å². The molecule has 2 aromatic rings. The summed E-state index contributed by atoms with van der Waals surface area (Å²) in [4.78, 5) is 30.5. The Bertz CT molecular complexity index is 780. The number of aromatic nitrogens is 2. The lowest BCUT2D eigenvalue weighted by atomic mass is 10.1. The van der Waals surface area contributed by atoms with Gasteiger partial charge in [0.1, 0.15) is 12.4 Å². The first-order chi connectivity index (χ1) is 13.1. The van der Waals surface area contributed by atoms with Crippen molar-refractivity contribution in [3.63, 3.8) is 0 Å². The number of likely N-dealkylation sites (tertiary alicyclic amines) is 1. The number of halogens is 1. The van der Waals surface area contributed by atoms with E-state index in [9.17, 15) is 14.0 Å². The monoisotopic (exact) mass is 373 g/mol. The minimum Gasteiger partial charge on any atom is -0.355 e. The summed E-state index contributed by atoms with van der Waals surface area (Å²) in [5.74, 6) is -0.527. The van der Waals surface area contributed by atoms with Gasteiger partial charge in [0.2, 0.25) is 11.8 Å². The number of carbonyl (C=O) groups excluding carboxylic acids is 2. The lowest BCUT2D eigenvalue weighted by Gasteiger charge is -2.23. The van der Waals surface area contributed by atoms with Gasteiger partial charge < -0.3 is 15.2 Å². The second kappa shape index (κ2) is 8.77. The van der Waals surface area contributed by atoms with Crippen molar-refractivity contribution in [2.75, 3.05) is 13.1 Å². The van der Waals surface area contributed by atoms with Crippen molar-refractivity contribution in [1.29, 1.82) is 0 Å². The molecule has 2 amide bonds. The lowest BCUT2D eigenvalue weighted by Crippen LogP contribution is -2.42. The van der Waals surface area contributed by atoms with Crippen molar-refractivity contribution >= 4 is 11.8 Å². The molecule has 7 nitrogen and oxygen atoms in total. The number of hydrogen-bond acceptors (Lipinski definition) is 4. The highest BCUT2D eigenvalue weighted by Crippen LogP contribution is 2.22. The third kappa shape index (κ3) is 4.91. The Kier molecular flexibility index (Phi) is 6.18. The zero-order chi connectivity index (χ0) is 19.2. The van der Waals surface area contributed by atoms with Crippen LogP contribution in [0.5, 0.6) is 0 Å². The summed E-state index contributed by atoms with van der Waals surface area (Å²) in [6.07, 6.45) is 5.41.